The molecular formula is C20H24N4O2S. The van der Waals surface area contributed by atoms with Gasteiger partial charge in [-0.2, -0.15) is 0 Å². The Balaban J connectivity index is 1.84. The minimum Gasteiger partial charge on any atom is -0.450 e. The van der Waals surface area contributed by atoms with E-state index in [1.807, 2.05) is 24.3 Å². The van der Waals surface area contributed by atoms with Crippen LogP contribution in [0.3, 0.4) is 0 Å². The van der Waals surface area contributed by atoms with Crippen molar-refractivity contribution in [2.45, 2.75) is 26.3 Å². The molecule has 0 spiro atoms. The molecule has 0 atom stereocenters. The third-order valence-electron chi connectivity index (χ3n) is 4.29. The van der Waals surface area contributed by atoms with Crippen molar-refractivity contribution in [3.05, 3.63) is 47.3 Å². The maximum absolute atomic E-state index is 11.6. The number of nitrogens with two attached hydrogens (primary N) is 2. The molecule has 1 amide bonds. The van der Waals surface area contributed by atoms with Crippen molar-refractivity contribution in [3.63, 3.8) is 0 Å². The largest absolute Gasteiger partial charge is 0.450 e. The van der Waals surface area contributed by atoms with Crippen LogP contribution < -0.4 is 22.1 Å². The summed E-state index contributed by atoms with van der Waals surface area (Å²) in [5.74, 6) is 0. The molecule has 1 heterocycles. The molecule has 6 nitrogen and oxygen atoms in total. The van der Waals surface area contributed by atoms with Gasteiger partial charge in [0.15, 0.2) is 0 Å². The summed E-state index contributed by atoms with van der Waals surface area (Å²) in [5, 5.41) is 9.45. The fourth-order valence-electron chi connectivity index (χ4n) is 2.99. The number of carbonyl (C=O) groups excluding carboxylic acids is 1. The zero-order valence-electron chi connectivity index (χ0n) is 15.6. The molecule has 3 rings (SSSR count). The summed E-state index contributed by atoms with van der Waals surface area (Å²) in [7, 11) is 0. The first kappa shape index (κ1) is 18.8. The van der Waals surface area contributed by atoms with Gasteiger partial charge >= 0.3 is 6.09 Å². The van der Waals surface area contributed by atoms with Gasteiger partial charge in [-0.15, -0.1) is 11.3 Å². The van der Waals surface area contributed by atoms with E-state index in [-0.39, 0.29) is 5.54 Å². The quantitative estimate of drug-likeness (QED) is 0.465. The number of hydrogen-bond acceptors (Lipinski definition) is 6. The van der Waals surface area contributed by atoms with E-state index >= 15 is 0 Å². The van der Waals surface area contributed by atoms with E-state index < -0.39 is 6.09 Å². The number of hydrogen-bond donors (Lipinski definition) is 4. The maximum atomic E-state index is 11.6. The molecule has 0 aliphatic carbocycles. The van der Waals surface area contributed by atoms with E-state index in [4.69, 9.17) is 16.2 Å². The Hall–Kier alpha value is -2.93. The number of carbonyl (C=O) groups is 1. The third kappa shape index (κ3) is 4.09. The summed E-state index contributed by atoms with van der Waals surface area (Å²) in [4.78, 5) is 11.6. The van der Waals surface area contributed by atoms with Crippen molar-refractivity contribution in [1.29, 1.82) is 0 Å². The van der Waals surface area contributed by atoms with E-state index in [2.05, 4.69) is 29.9 Å². The van der Waals surface area contributed by atoms with Crippen molar-refractivity contribution < 1.29 is 9.53 Å². The van der Waals surface area contributed by atoms with Gasteiger partial charge in [-0.1, -0.05) is 0 Å². The highest BCUT2D eigenvalue weighted by Crippen LogP contribution is 2.37. The molecule has 142 valence electrons. The first-order valence-electron chi connectivity index (χ1n) is 8.69. The lowest BCUT2D eigenvalue weighted by Gasteiger charge is -2.28. The van der Waals surface area contributed by atoms with Crippen molar-refractivity contribution in [2.24, 2.45) is 0 Å². The Morgan fingerprint density at radius 2 is 1.96 bits per heavy atom. The van der Waals surface area contributed by atoms with Crippen LogP contribution in [0.1, 0.15) is 26.3 Å². The molecule has 7 heteroatoms. The lowest BCUT2D eigenvalue weighted by atomic mass is 9.93. The molecule has 0 saturated carbocycles. The smallest absolute Gasteiger partial charge is 0.411 e. The van der Waals surface area contributed by atoms with Crippen LogP contribution >= 0.6 is 11.3 Å². The van der Waals surface area contributed by atoms with Crippen LogP contribution in [-0.4, -0.2) is 12.7 Å². The molecule has 0 fully saturated rings. The number of anilines is 4. The number of rotatable bonds is 5. The van der Waals surface area contributed by atoms with Crippen LogP contribution in [0, 0.1) is 0 Å². The lowest BCUT2D eigenvalue weighted by molar-refractivity contribution is 0.168. The van der Waals surface area contributed by atoms with Crippen LogP contribution in [0.25, 0.3) is 10.1 Å². The SMILES string of the molecule is CCOC(=O)Nc1ccc(NC(C)(C)c2csc3ccc(N)cc23)cc1N. The second kappa shape index (κ2) is 7.36. The van der Waals surface area contributed by atoms with Gasteiger partial charge in [-0.05, 0) is 68.1 Å². The van der Waals surface area contributed by atoms with Gasteiger partial charge in [0.05, 0.1) is 23.5 Å². The molecule has 2 aromatic carbocycles. The molecule has 1 aromatic heterocycles. The van der Waals surface area contributed by atoms with Gasteiger partial charge in [0, 0.05) is 21.5 Å². The summed E-state index contributed by atoms with van der Waals surface area (Å²) in [5.41, 5.74) is 15.5. The summed E-state index contributed by atoms with van der Waals surface area (Å²) in [6.45, 7) is 6.27. The number of nitrogens with one attached hydrogen (secondary N) is 2. The van der Waals surface area contributed by atoms with E-state index in [1.165, 1.54) is 10.3 Å². The normalized spacial score (nSPS) is 11.4. The average Bonchev–Trinajstić information content (AvgIpc) is 3.01. The molecule has 27 heavy (non-hydrogen) atoms. The molecular weight excluding hydrogens is 360 g/mol. The molecule has 0 radical (unpaired) electrons. The van der Waals surface area contributed by atoms with Crippen molar-refractivity contribution >= 4 is 50.3 Å². The first-order chi connectivity index (χ1) is 12.8. The van der Waals surface area contributed by atoms with Gasteiger partial charge in [0.1, 0.15) is 0 Å². The topological polar surface area (TPSA) is 102 Å². The summed E-state index contributed by atoms with van der Waals surface area (Å²) < 4.78 is 6.08. The minimum atomic E-state index is -0.521. The molecule has 0 unspecified atom stereocenters. The minimum absolute atomic E-state index is 0.304. The second-order valence-corrected chi connectivity index (χ2v) is 7.71. The average molecular weight is 385 g/mol. The van der Waals surface area contributed by atoms with Crippen LogP contribution in [0.4, 0.5) is 27.5 Å². The fraction of sp³-hybridized carbons (Fsp3) is 0.250. The molecule has 3 aromatic rings. The highest BCUT2D eigenvalue weighted by molar-refractivity contribution is 7.17. The monoisotopic (exact) mass is 384 g/mol. The second-order valence-electron chi connectivity index (χ2n) is 6.80. The van der Waals surface area contributed by atoms with Crippen LogP contribution in [0.5, 0.6) is 0 Å². The fourth-order valence-corrected chi connectivity index (χ4v) is 4.10. The Kier molecular flexibility index (Phi) is 5.14. The zero-order valence-corrected chi connectivity index (χ0v) is 16.4. The maximum Gasteiger partial charge on any atom is 0.411 e. The van der Waals surface area contributed by atoms with E-state index in [9.17, 15) is 4.79 Å². The Morgan fingerprint density at radius 1 is 1.19 bits per heavy atom. The number of fused-ring (bicyclic) bond motifs is 1. The number of amides is 1. The Labute approximate surface area is 162 Å². The van der Waals surface area contributed by atoms with Gasteiger partial charge < -0.3 is 21.5 Å². The van der Waals surface area contributed by atoms with Crippen LogP contribution in [0.2, 0.25) is 0 Å². The highest BCUT2D eigenvalue weighted by Gasteiger charge is 2.24. The third-order valence-corrected chi connectivity index (χ3v) is 5.25. The number of nitrogen functional groups attached to an aromatic ring is 2. The summed E-state index contributed by atoms with van der Waals surface area (Å²) in [6, 6.07) is 11.4. The van der Waals surface area contributed by atoms with Crippen LogP contribution in [0.15, 0.2) is 41.8 Å². The number of benzene rings is 2. The van der Waals surface area contributed by atoms with Crippen molar-refractivity contribution in [1.82, 2.24) is 0 Å². The molecule has 0 aliphatic rings. The first-order valence-corrected chi connectivity index (χ1v) is 9.57. The predicted molar refractivity (Wildman–Crippen MR) is 114 cm³/mol. The van der Waals surface area contributed by atoms with Gasteiger partial charge in [-0.3, -0.25) is 5.32 Å². The van der Waals surface area contributed by atoms with Crippen molar-refractivity contribution in [3.8, 4) is 0 Å². The lowest BCUT2D eigenvalue weighted by Crippen LogP contribution is -2.27. The van der Waals surface area contributed by atoms with Gasteiger partial charge in [0.25, 0.3) is 0 Å². The Bertz CT molecular complexity index is 981. The molecule has 0 bridgehead atoms. The highest BCUT2D eigenvalue weighted by atomic mass is 32.1. The van der Waals surface area contributed by atoms with Gasteiger partial charge in [-0.25, -0.2) is 4.79 Å². The van der Waals surface area contributed by atoms with E-state index in [1.54, 1.807) is 30.4 Å². The molecule has 0 saturated heterocycles. The van der Waals surface area contributed by atoms with Crippen LogP contribution in [-0.2, 0) is 10.3 Å². The van der Waals surface area contributed by atoms with Gasteiger partial charge in [0.2, 0.25) is 0 Å². The molecule has 0 aliphatic heterocycles. The standard InChI is InChI=1S/C20H24N4O2S/c1-4-26-19(25)23-17-7-6-13(10-16(17)22)24-20(2,3)15-11-27-18-8-5-12(21)9-14(15)18/h5-11,24H,4,21-22H2,1-3H3,(H,23,25). The van der Waals surface area contributed by atoms with E-state index in [0.717, 1.165) is 16.8 Å². The van der Waals surface area contributed by atoms with Crippen molar-refractivity contribution in [2.75, 3.05) is 28.7 Å². The number of ether oxygens (including phenoxy) is 1. The zero-order chi connectivity index (χ0) is 19.6. The molecule has 6 N–H and O–H groups in total. The predicted octanol–water partition coefficient (Wildman–Crippen LogP) is 4.98. The number of thiophene rings is 1. The van der Waals surface area contributed by atoms with E-state index in [0.29, 0.717) is 18.0 Å². The summed E-state index contributed by atoms with van der Waals surface area (Å²) in [6.07, 6.45) is -0.521. The Morgan fingerprint density at radius 3 is 2.67 bits per heavy atom. The summed E-state index contributed by atoms with van der Waals surface area (Å²) >= 11 is 1.70.